The van der Waals surface area contributed by atoms with Crippen molar-refractivity contribution in [3.8, 4) is 5.75 Å². The second kappa shape index (κ2) is 8.14. The Bertz CT molecular complexity index is 873. The highest BCUT2D eigenvalue weighted by atomic mass is 79.9. The summed E-state index contributed by atoms with van der Waals surface area (Å²) < 4.78 is 21.0. The lowest BCUT2D eigenvalue weighted by Gasteiger charge is -2.08. The third-order valence-electron chi connectivity index (χ3n) is 3.86. The molecule has 5 nitrogen and oxygen atoms in total. The summed E-state index contributed by atoms with van der Waals surface area (Å²) in [6.45, 7) is 0.723. The summed E-state index contributed by atoms with van der Waals surface area (Å²) in [5.74, 6) is 0.130. The Morgan fingerprint density at radius 1 is 1.19 bits per heavy atom. The van der Waals surface area contributed by atoms with E-state index in [2.05, 4.69) is 26.3 Å². The Kier molecular flexibility index (Phi) is 5.68. The first-order chi connectivity index (χ1) is 12.5. The first-order valence-corrected chi connectivity index (χ1v) is 8.74. The summed E-state index contributed by atoms with van der Waals surface area (Å²) in [7, 11) is 1.82. The second-order valence-electron chi connectivity index (χ2n) is 5.69. The zero-order valence-electron chi connectivity index (χ0n) is 14.1. The molecule has 1 aromatic heterocycles. The van der Waals surface area contributed by atoms with Crippen LogP contribution in [0.1, 0.15) is 21.6 Å². The molecule has 1 amide bonds. The average Bonchev–Trinajstić information content (AvgIpc) is 2.97. The number of halogens is 2. The highest BCUT2D eigenvalue weighted by Gasteiger charge is 2.10. The molecule has 0 aliphatic carbocycles. The van der Waals surface area contributed by atoms with E-state index < -0.39 is 0 Å². The van der Waals surface area contributed by atoms with E-state index in [9.17, 15) is 9.18 Å². The first kappa shape index (κ1) is 18.1. The van der Waals surface area contributed by atoms with Crippen LogP contribution in [0, 0.1) is 5.82 Å². The first-order valence-electron chi connectivity index (χ1n) is 7.95. The van der Waals surface area contributed by atoms with E-state index in [-0.39, 0.29) is 11.7 Å². The minimum Gasteiger partial charge on any atom is -0.489 e. The van der Waals surface area contributed by atoms with Gasteiger partial charge in [-0.15, -0.1) is 0 Å². The quantitative estimate of drug-likeness (QED) is 0.662. The number of rotatable bonds is 6. The normalized spacial score (nSPS) is 10.6. The standard InChI is InChI=1S/C19H17BrFN3O2/c1-24-18(17(20)10-23-24)11-22-19(25)14-4-2-13(3-5-14)12-26-16-8-6-15(21)7-9-16/h2-10H,11-12H2,1H3,(H,22,25). The van der Waals surface area contributed by atoms with Gasteiger partial charge in [0, 0.05) is 12.6 Å². The third kappa shape index (κ3) is 4.49. The third-order valence-corrected chi connectivity index (χ3v) is 4.52. The second-order valence-corrected chi connectivity index (χ2v) is 6.54. The number of hydrogen-bond acceptors (Lipinski definition) is 3. The maximum absolute atomic E-state index is 12.9. The van der Waals surface area contributed by atoms with E-state index in [1.165, 1.54) is 12.1 Å². The maximum atomic E-state index is 12.9. The van der Waals surface area contributed by atoms with Crippen LogP contribution in [0.25, 0.3) is 0 Å². The number of amides is 1. The van der Waals surface area contributed by atoms with Crippen molar-refractivity contribution in [1.29, 1.82) is 0 Å². The highest BCUT2D eigenvalue weighted by Crippen LogP contribution is 2.16. The largest absolute Gasteiger partial charge is 0.489 e. The fraction of sp³-hybridized carbons (Fsp3) is 0.158. The zero-order valence-corrected chi connectivity index (χ0v) is 15.7. The van der Waals surface area contributed by atoms with Gasteiger partial charge in [-0.2, -0.15) is 5.10 Å². The molecule has 0 aliphatic rings. The Hall–Kier alpha value is -2.67. The van der Waals surface area contributed by atoms with Crippen molar-refractivity contribution in [3.05, 3.63) is 81.8 Å². The van der Waals surface area contributed by atoms with Crippen molar-refractivity contribution in [2.24, 2.45) is 7.05 Å². The molecule has 7 heteroatoms. The molecule has 0 fully saturated rings. The van der Waals surface area contributed by atoms with Gasteiger partial charge >= 0.3 is 0 Å². The number of nitrogens with zero attached hydrogens (tertiary/aromatic N) is 2. The predicted octanol–water partition coefficient (Wildman–Crippen LogP) is 3.83. The minimum atomic E-state index is -0.300. The Labute approximate surface area is 158 Å². The summed E-state index contributed by atoms with van der Waals surface area (Å²) in [6.07, 6.45) is 1.69. The van der Waals surface area contributed by atoms with E-state index in [1.807, 2.05) is 19.2 Å². The van der Waals surface area contributed by atoms with Crippen molar-refractivity contribution in [3.63, 3.8) is 0 Å². The van der Waals surface area contributed by atoms with Gasteiger partial charge in [0.05, 0.1) is 22.9 Å². The van der Waals surface area contributed by atoms with Crippen LogP contribution in [0.3, 0.4) is 0 Å². The number of ether oxygens (including phenoxy) is 1. The SMILES string of the molecule is Cn1ncc(Br)c1CNC(=O)c1ccc(COc2ccc(F)cc2)cc1. The monoisotopic (exact) mass is 417 g/mol. The highest BCUT2D eigenvalue weighted by molar-refractivity contribution is 9.10. The van der Waals surface area contributed by atoms with Crippen molar-refractivity contribution < 1.29 is 13.9 Å². The molecule has 0 radical (unpaired) electrons. The predicted molar refractivity (Wildman–Crippen MR) is 99.3 cm³/mol. The van der Waals surface area contributed by atoms with E-state index in [4.69, 9.17) is 4.74 Å². The Morgan fingerprint density at radius 3 is 2.50 bits per heavy atom. The van der Waals surface area contributed by atoms with Crippen LogP contribution in [0.4, 0.5) is 4.39 Å². The molecular weight excluding hydrogens is 401 g/mol. The van der Waals surface area contributed by atoms with Crippen molar-refractivity contribution in [2.45, 2.75) is 13.2 Å². The van der Waals surface area contributed by atoms with Crippen molar-refractivity contribution in [1.82, 2.24) is 15.1 Å². The lowest BCUT2D eigenvalue weighted by Crippen LogP contribution is -2.24. The van der Waals surface area contributed by atoms with E-state index in [1.54, 1.807) is 35.1 Å². The molecule has 0 aliphatic heterocycles. The zero-order chi connectivity index (χ0) is 18.5. The van der Waals surface area contributed by atoms with Crippen LogP contribution in [0.15, 0.2) is 59.2 Å². The Balaban J connectivity index is 1.55. The Morgan fingerprint density at radius 2 is 1.88 bits per heavy atom. The molecule has 3 rings (SSSR count). The molecule has 134 valence electrons. The number of carbonyl (C=O) groups is 1. The lowest BCUT2D eigenvalue weighted by atomic mass is 10.1. The topological polar surface area (TPSA) is 56.2 Å². The van der Waals surface area contributed by atoms with Gasteiger partial charge in [0.2, 0.25) is 0 Å². The molecule has 0 atom stereocenters. The van der Waals surface area contributed by atoms with Gasteiger partial charge < -0.3 is 10.1 Å². The molecule has 0 saturated heterocycles. The molecule has 2 aromatic carbocycles. The molecule has 0 spiro atoms. The number of nitrogens with one attached hydrogen (secondary N) is 1. The van der Waals surface area contributed by atoms with Crippen molar-refractivity contribution in [2.75, 3.05) is 0 Å². The van der Waals surface area contributed by atoms with Crippen molar-refractivity contribution >= 4 is 21.8 Å². The number of hydrogen-bond donors (Lipinski definition) is 1. The molecule has 1 N–H and O–H groups in total. The summed E-state index contributed by atoms with van der Waals surface area (Å²) in [5.41, 5.74) is 2.37. The van der Waals surface area contributed by atoms with Crippen LogP contribution >= 0.6 is 15.9 Å². The molecule has 0 bridgehead atoms. The van der Waals surface area contributed by atoms with Crippen LogP contribution in [-0.4, -0.2) is 15.7 Å². The van der Waals surface area contributed by atoms with E-state index >= 15 is 0 Å². The van der Waals surface area contributed by atoms with Crippen LogP contribution in [0.2, 0.25) is 0 Å². The number of aromatic nitrogens is 2. The lowest BCUT2D eigenvalue weighted by molar-refractivity contribution is 0.0950. The number of benzene rings is 2. The number of aryl methyl sites for hydroxylation is 1. The van der Waals surface area contributed by atoms with Crippen LogP contribution in [-0.2, 0) is 20.2 Å². The summed E-state index contributed by atoms with van der Waals surface area (Å²) in [5, 5.41) is 6.98. The summed E-state index contributed by atoms with van der Waals surface area (Å²) in [6, 6.07) is 13.0. The summed E-state index contributed by atoms with van der Waals surface area (Å²) >= 11 is 3.40. The van der Waals surface area contributed by atoms with Gasteiger partial charge in [-0.3, -0.25) is 9.48 Å². The van der Waals surface area contributed by atoms with Crippen LogP contribution in [0.5, 0.6) is 5.75 Å². The molecule has 3 aromatic rings. The molecule has 0 saturated carbocycles. The summed E-state index contributed by atoms with van der Waals surface area (Å²) in [4.78, 5) is 12.3. The fourth-order valence-corrected chi connectivity index (χ4v) is 2.84. The molecular formula is C19H17BrFN3O2. The van der Waals surface area contributed by atoms with Gasteiger partial charge in [-0.05, 0) is 57.9 Å². The smallest absolute Gasteiger partial charge is 0.251 e. The average molecular weight is 418 g/mol. The van der Waals surface area contributed by atoms with E-state index in [0.717, 1.165) is 15.7 Å². The minimum absolute atomic E-state index is 0.163. The van der Waals surface area contributed by atoms with Gasteiger partial charge in [0.15, 0.2) is 0 Å². The number of carbonyl (C=O) groups excluding carboxylic acids is 1. The van der Waals surface area contributed by atoms with Gasteiger partial charge in [0.1, 0.15) is 18.2 Å². The van der Waals surface area contributed by atoms with Gasteiger partial charge in [-0.25, -0.2) is 4.39 Å². The van der Waals surface area contributed by atoms with Gasteiger partial charge in [0.25, 0.3) is 5.91 Å². The fourth-order valence-electron chi connectivity index (χ4n) is 2.35. The molecule has 0 unspecified atom stereocenters. The molecule has 26 heavy (non-hydrogen) atoms. The van der Waals surface area contributed by atoms with Crippen LogP contribution < -0.4 is 10.1 Å². The van der Waals surface area contributed by atoms with E-state index in [0.29, 0.717) is 24.5 Å². The van der Waals surface area contributed by atoms with Gasteiger partial charge in [-0.1, -0.05) is 12.1 Å². The maximum Gasteiger partial charge on any atom is 0.251 e. The molecule has 1 heterocycles.